The molecule has 2 aromatic rings. The molecule has 0 fully saturated rings. The highest BCUT2D eigenvalue weighted by Gasteiger charge is 2.24. The van der Waals surface area contributed by atoms with Crippen molar-refractivity contribution in [1.29, 1.82) is 0 Å². The molecule has 0 aliphatic rings. The number of benzene rings is 1. The molecule has 0 amide bonds. The summed E-state index contributed by atoms with van der Waals surface area (Å²) in [4.78, 5) is -0.149. The molecule has 2 rings (SSSR count). The summed E-state index contributed by atoms with van der Waals surface area (Å²) in [5.74, 6) is -0.771. The molecule has 1 N–H and O–H groups in total. The van der Waals surface area contributed by atoms with Gasteiger partial charge in [0, 0.05) is 6.26 Å². The largest absolute Gasteiger partial charge is 0.411 e. The molecule has 120 valence electrons. The van der Waals surface area contributed by atoms with E-state index in [1.54, 1.807) is 0 Å². The molecule has 22 heavy (non-hydrogen) atoms. The zero-order valence-electron chi connectivity index (χ0n) is 11.5. The van der Waals surface area contributed by atoms with Gasteiger partial charge in [-0.1, -0.05) is 5.10 Å². The Morgan fingerprint density at radius 1 is 1.14 bits per heavy atom. The monoisotopic (exact) mass is 349 g/mol. The Morgan fingerprint density at radius 2 is 1.73 bits per heavy atom. The molecule has 0 radical (unpaired) electrons. The molecule has 1 aromatic carbocycles. The van der Waals surface area contributed by atoms with Gasteiger partial charge in [-0.05, 0) is 31.2 Å². The highest BCUT2D eigenvalue weighted by molar-refractivity contribution is 7.90. The molecule has 8 nitrogen and oxygen atoms in total. The second-order valence-corrected chi connectivity index (χ2v) is 8.08. The van der Waals surface area contributed by atoms with Crippen LogP contribution >= 0.6 is 0 Å². The quantitative estimate of drug-likeness (QED) is 0.841. The van der Waals surface area contributed by atoms with Gasteiger partial charge in [0.05, 0.1) is 10.9 Å². The van der Waals surface area contributed by atoms with Gasteiger partial charge in [0.1, 0.15) is 5.82 Å². The van der Waals surface area contributed by atoms with Crippen molar-refractivity contribution < 1.29 is 25.6 Å². The maximum atomic E-state index is 12.8. The highest BCUT2D eigenvalue weighted by atomic mass is 32.2. The SMILES string of the molecule is C[C@H](NS(=O)(=O)c1ccc(F)cc1)c1nnc(S(C)(=O)=O)o1. The number of sulfone groups is 1. The molecule has 1 aromatic heterocycles. The fourth-order valence-electron chi connectivity index (χ4n) is 1.51. The van der Waals surface area contributed by atoms with E-state index in [9.17, 15) is 21.2 Å². The summed E-state index contributed by atoms with van der Waals surface area (Å²) in [7, 11) is -7.62. The molecule has 0 spiro atoms. The number of halogens is 1. The Bertz CT molecular complexity index is 875. The van der Waals surface area contributed by atoms with Crippen LogP contribution in [0.15, 0.2) is 38.8 Å². The second-order valence-electron chi connectivity index (χ2n) is 4.48. The minimum absolute atomic E-state index is 0.149. The van der Waals surface area contributed by atoms with Crippen molar-refractivity contribution in [2.75, 3.05) is 6.26 Å². The highest BCUT2D eigenvalue weighted by Crippen LogP contribution is 2.17. The molecule has 0 saturated heterocycles. The van der Waals surface area contributed by atoms with Gasteiger partial charge in [0.25, 0.3) is 0 Å². The summed E-state index contributed by atoms with van der Waals surface area (Å²) in [6, 6.07) is 3.25. The van der Waals surface area contributed by atoms with E-state index in [1.807, 2.05) is 0 Å². The van der Waals surface area contributed by atoms with Crippen molar-refractivity contribution in [3.8, 4) is 0 Å². The Balaban J connectivity index is 2.22. The van der Waals surface area contributed by atoms with Crippen LogP contribution in [-0.2, 0) is 19.9 Å². The molecular formula is C11H12FN3O5S2. The van der Waals surface area contributed by atoms with Crippen molar-refractivity contribution in [3.63, 3.8) is 0 Å². The molecule has 11 heteroatoms. The summed E-state index contributed by atoms with van der Waals surface area (Å²) in [6.45, 7) is 1.40. The minimum atomic E-state index is -3.94. The van der Waals surface area contributed by atoms with Gasteiger partial charge < -0.3 is 4.42 Å². The van der Waals surface area contributed by atoms with Crippen LogP contribution in [-0.4, -0.2) is 33.3 Å². The van der Waals surface area contributed by atoms with E-state index in [2.05, 4.69) is 14.9 Å². The molecule has 0 aliphatic heterocycles. The topological polar surface area (TPSA) is 119 Å². The summed E-state index contributed by atoms with van der Waals surface area (Å²) in [5.41, 5.74) is 0. The lowest BCUT2D eigenvalue weighted by atomic mass is 10.4. The van der Waals surface area contributed by atoms with Crippen LogP contribution in [0.5, 0.6) is 0 Å². The van der Waals surface area contributed by atoms with Crippen LogP contribution in [0.2, 0.25) is 0 Å². The van der Waals surface area contributed by atoms with Gasteiger partial charge in [0.15, 0.2) is 0 Å². The average molecular weight is 349 g/mol. The summed E-state index contributed by atoms with van der Waals surface area (Å²) < 4.78 is 66.6. The number of aromatic nitrogens is 2. The second kappa shape index (κ2) is 5.74. The van der Waals surface area contributed by atoms with Gasteiger partial charge in [-0.15, -0.1) is 5.10 Å². The number of nitrogens with one attached hydrogen (secondary N) is 1. The van der Waals surface area contributed by atoms with Crippen LogP contribution in [0.4, 0.5) is 4.39 Å². The molecule has 0 aliphatic carbocycles. The lowest BCUT2D eigenvalue weighted by Crippen LogP contribution is -2.27. The summed E-state index contributed by atoms with van der Waals surface area (Å²) >= 11 is 0. The maximum Gasteiger partial charge on any atom is 0.335 e. The zero-order chi connectivity index (χ0) is 16.5. The smallest absolute Gasteiger partial charge is 0.335 e. The maximum absolute atomic E-state index is 12.8. The van der Waals surface area contributed by atoms with Crippen molar-refractivity contribution in [2.24, 2.45) is 0 Å². The van der Waals surface area contributed by atoms with E-state index in [-0.39, 0.29) is 10.8 Å². The van der Waals surface area contributed by atoms with E-state index in [1.165, 1.54) is 6.92 Å². The summed E-state index contributed by atoms with van der Waals surface area (Å²) in [6.07, 6.45) is 0.887. The standard InChI is InChI=1S/C11H12FN3O5S2/c1-7(10-13-14-11(20-10)21(2,16)17)15-22(18,19)9-5-3-8(12)4-6-9/h3-7,15H,1-2H3/t7-/m0/s1. The average Bonchev–Trinajstić information content (AvgIpc) is 2.88. The third-order valence-corrected chi connectivity index (χ3v) is 4.92. The molecule has 1 heterocycles. The number of rotatable bonds is 5. The van der Waals surface area contributed by atoms with Crippen LogP contribution in [0, 0.1) is 5.82 Å². The first-order valence-corrected chi connectivity index (χ1v) is 9.28. The van der Waals surface area contributed by atoms with E-state index in [0.717, 1.165) is 30.5 Å². The Kier molecular flexibility index (Phi) is 4.31. The van der Waals surface area contributed by atoms with Crippen LogP contribution in [0.3, 0.4) is 0 Å². The zero-order valence-corrected chi connectivity index (χ0v) is 13.1. The molecule has 0 unspecified atom stereocenters. The van der Waals surface area contributed by atoms with E-state index < -0.39 is 36.9 Å². The predicted octanol–water partition coefficient (Wildman–Crippen LogP) is 0.652. The van der Waals surface area contributed by atoms with Crippen molar-refractivity contribution >= 4 is 19.9 Å². The van der Waals surface area contributed by atoms with Gasteiger partial charge in [0.2, 0.25) is 25.8 Å². The number of sulfonamides is 1. The summed E-state index contributed by atoms with van der Waals surface area (Å²) in [5, 5.41) is 6.22. The molecule has 0 saturated carbocycles. The first-order chi connectivity index (χ1) is 10.1. The fourth-order valence-corrected chi connectivity index (χ4v) is 3.13. The van der Waals surface area contributed by atoms with Crippen LogP contribution < -0.4 is 4.72 Å². The van der Waals surface area contributed by atoms with Gasteiger partial charge in [-0.2, -0.15) is 4.72 Å². The Morgan fingerprint density at radius 3 is 2.23 bits per heavy atom. The lowest BCUT2D eigenvalue weighted by Gasteiger charge is -2.10. The normalized spacial score (nSPS) is 14.0. The third-order valence-electron chi connectivity index (χ3n) is 2.57. The van der Waals surface area contributed by atoms with Crippen LogP contribution in [0.1, 0.15) is 18.9 Å². The van der Waals surface area contributed by atoms with Crippen molar-refractivity contribution in [2.45, 2.75) is 23.1 Å². The lowest BCUT2D eigenvalue weighted by molar-refractivity contribution is 0.373. The number of hydrogen-bond donors (Lipinski definition) is 1. The first-order valence-electron chi connectivity index (χ1n) is 5.91. The molecule has 1 atom stereocenters. The Labute approximate surface area is 126 Å². The van der Waals surface area contributed by atoms with E-state index in [0.29, 0.717) is 0 Å². The van der Waals surface area contributed by atoms with Crippen molar-refractivity contribution in [1.82, 2.24) is 14.9 Å². The van der Waals surface area contributed by atoms with Gasteiger partial charge in [-0.3, -0.25) is 0 Å². The molecule has 0 bridgehead atoms. The Hall–Kier alpha value is -1.85. The fraction of sp³-hybridized carbons (Fsp3) is 0.273. The third kappa shape index (κ3) is 3.67. The number of hydrogen-bond acceptors (Lipinski definition) is 7. The van der Waals surface area contributed by atoms with Gasteiger partial charge >= 0.3 is 5.22 Å². The van der Waals surface area contributed by atoms with Crippen LogP contribution in [0.25, 0.3) is 0 Å². The van der Waals surface area contributed by atoms with Gasteiger partial charge in [-0.25, -0.2) is 21.2 Å². The van der Waals surface area contributed by atoms with E-state index >= 15 is 0 Å². The minimum Gasteiger partial charge on any atom is -0.411 e. The predicted molar refractivity (Wildman–Crippen MR) is 72.5 cm³/mol. The molecular weight excluding hydrogens is 337 g/mol. The number of nitrogens with zero attached hydrogens (tertiary/aromatic N) is 2. The first kappa shape index (κ1) is 16.5. The van der Waals surface area contributed by atoms with E-state index in [4.69, 9.17) is 4.42 Å². The van der Waals surface area contributed by atoms with Crippen molar-refractivity contribution in [3.05, 3.63) is 36.0 Å².